The topological polar surface area (TPSA) is 46.6 Å². The molecule has 1 aromatic rings. The van der Waals surface area contributed by atoms with Crippen molar-refractivity contribution in [1.29, 1.82) is 0 Å². The molecule has 4 nitrogen and oxygen atoms in total. The fourth-order valence-corrected chi connectivity index (χ4v) is 3.20. The van der Waals surface area contributed by atoms with Gasteiger partial charge in [-0.3, -0.25) is 9.59 Å². The van der Waals surface area contributed by atoms with Gasteiger partial charge in [0.25, 0.3) is 5.91 Å². The van der Waals surface area contributed by atoms with Crippen molar-refractivity contribution in [2.24, 2.45) is 11.8 Å². The van der Waals surface area contributed by atoms with E-state index in [1.165, 1.54) is 7.11 Å². The highest BCUT2D eigenvalue weighted by Gasteiger charge is 2.38. The molecule has 0 bridgehead atoms. The number of nitrogens with zero attached hydrogens (tertiary/aromatic N) is 1. The second kappa shape index (κ2) is 6.26. The molecule has 1 fully saturated rings. The molecule has 0 aromatic heterocycles. The number of hydrogen-bond donors (Lipinski definition) is 0. The van der Waals surface area contributed by atoms with Crippen LogP contribution in [0.15, 0.2) is 27.1 Å². The zero-order valence-corrected chi connectivity index (χ0v) is 14.4. The van der Waals surface area contributed by atoms with E-state index in [-0.39, 0.29) is 23.7 Å². The smallest absolute Gasteiger partial charge is 0.310 e. The molecule has 1 aliphatic rings. The second-order valence-corrected chi connectivity index (χ2v) is 6.71. The Morgan fingerprint density at radius 3 is 2.65 bits per heavy atom. The molecule has 1 saturated heterocycles. The predicted molar refractivity (Wildman–Crippen MR) is 82.4 cm³/mol. The molecule has 1 heterocycles. The minimum Gasteiger partial charge on any atom is -0.469 e. The number of hydrogen-bond acceptors (Lipinski definition) is 3. The fourth-order valence-electron chi connectivity index (χ4n) is 2.42. The standard InChI is InChI=1S/C14H15Br2NO3/c1-8-6-17(7-11(8)14(19)20-2)13(18)10-5-9(15)3-4-12(10)16/h3-5,8,11H,6-7H2,1-2H3. The number of carbonyl (C=O) groups is 2. The summed E-state index contributed by atoms with van der Waals surface area (Å²) in [4.78, 5) is 25.9. The molecule has 2 unspecified atom stereocenters. The van der Waals surface area contributed by atoms with Gasteiger partial charge in [-0.25, -0.2) is 0 Å². The third-order valence-corrected chi connectivity index (χ3v) is 4.75. The molecule has 1 aromatic carbocycles. The zero-order valence-electron chi connectivity index (χ0n) is 11.2. The summed E-state index contributed by atoms with van der Waals surface area (Å²) in [5, 5.41) is 0. The first-order valence-corrected chi connectivity index (χ1v) is 7.84. The van der Waals surface area contributed by atoms with Crippen LogP contribution in [0.4, 0.5) is 0 Å². The largest absolute Gasteiger partial charge is 0.469 e. The van der Waals surface area contributed by atoms with Crippen LogP contribution in [-0.4, -0.2) is 37.0 Å². The number of halogens is 2. The van der Waals surface area contributed by atoms with Crippen LogP contribution in [0.1, 0.15) is 17.3 Å². The lowest BCUT2D eigenvalue weighted by Gasteiger charge is -2.17. The highest BCUT2D eigenvalue weighted by Crippen LogP contribution is 2.28. The van der Waals surface area contributed by atoms with Crippen molar-refractivity contribution >= 4 is 43.7 Å². The van der Waals surface area contributed by atoms with Crippen LogP contribution in [0.3, 0.4) is 0 Å². The lowest BCUT2D eigenvalue weighted by molar-refractivity contribution is -0.146. The van der Waals surface area contributed by atoms with Gasteiger partial charge in [-0.05, 0) is 40.0 Å². The molecular weight excluding hydrogens is 390 g/mol. The Morgan fingerprint density at radius 1 is 1.30 bits per heavy atom. The van der Waals surface area contributed by atoms with Gasteiger partial charge >= 0.3 is 5.97 Å². The predicted octanol–water partition coefficient (Wildman–Crippen LogP) is 3.09. The Hall–Kier alpha value is -0.880. The molecule has 6 heteroatoms. The van der Waals surface area contributed by atoms with Crippen LogP contribution < -0.4 is 0 Å². The van der Waals surface area contributed by atoms with E-state index >= 15 is 0 Å². The van der Waals surface area contributed by atoms with Gasteiger partial charge in [0.05, 0.1) is 18.6 Å². The first-order valence-electron chi connectivity index (χ1n) is 6.26. The average Bonchev–Trinajstić information content (AvgIpc) is 2.82. The number of likely N-dealkylation sites (tertiary alicyclic amines) is 1. The van der Waals surface area contributed by atoms with Crippen molar-refractivity contribution < 1.29 is 14.3 Å². The van der Waals surface area contributed by atoms with Gasteiger partial charge in [0.2, 0.25) is 0 Å². The molecule has 108 valence electrons. The van der Waals surface area contributed by atoms with Crippen LogP contribution in [0, 0.1) is 11.8 Å². The van der Waals surface area contributed by atoms with Crippen LogP contribution >= 0.6 is 31.9 Å². The van der Waals surface area contributed by atoms with Crippen molar-refractivity contribution in [2.75, 3.05) is 20.2 Å². The SMILES string of the molecule is COC(=O)C1CN(C(=O)c2cc(Br)ccc2Br)CC1C. The van der Waals surface area contributed by atoms with E-state index < -0.39 is 0 Å². The van der Waals surface area contributed by atoms with Gasteiger partial charge < -0.3 is 9.64 Å². The molecule has 1 amide bonds. The number of benzene rings is 1. The van der Waals surface area contributed by atoms with Crippen molar-refractivity contribution in [3.63, 3.8) is 0 Å². The van der Waals surface area contributed by atoms with Gasteiger partial charge in [0.15, 0.2) is 0 Å². The Labute approximate surface area is 134 Å². The van der Waals surface area contributed by atoms with E-state index in [0.29, 0.717) is 18.7 Å². The molecule has 0 radical (unpaired) electrons. The number of rotatable bonds is 2. The summed E-state index contributed by atoms with van der Waals surface area (Å²) in [7, 11) is 1.38. The van der Waals surface area contributed by atoms with Crippen LogP contribution in [0.5, 0.6) is 0 Å². The van der Waals surface area contributed by atoms with Crippen LogP contribution in [-0.2, 0) is 9.53 Å². The fraction of sp³-hybridized carbons (Fsp3) is 0.429. The summed E-state index contributed by atoms with van der Waals surface area (Å²) in [5.41, 5.74) is 0.595. The summed E-state index contributed by atoms with van der Waals surface area (Å²) < 4.78 is 6.39. The van der Waals surface area contributed by atoms with Crippen LogP contribution in [0.2, 0.25) is 0 Å². The van der Waals surface area contributed by atoms with Crippen LogP contribution in [0.25, 0.3) is 0 Å². The van der Waals surface area contributed by atoms with Crippen molar-refractivity contribution in [3.05, 3.63) is 32.7 Å². The third-order valence-electron chi connectivity index (χ3n) is 3.56. The first kappa shape index (κ1) is 15.5. The summed E-state index contributed by atoms with van der Waals surface area (Å²) in [6.45, 7) is 2.94. The van der Waals surface area contributed by atoms with Crippen molar-refractivity contribution in [1.82, 2.24) is 4.90 Å². The second-order valence-electron chi connectivity index (χ2n) is 4.94. The average molecular weight is 405 g/mol. The molecule has 20 heavy (non-hydrogen) atoms. The van der Waals surface area contributed by atoms with Gasteiger partial charge in [0.1, 0.15) is 0 Å². The molecule has 0 spiro atoms. The minimum atomic E-state index is -0.249. The lowest BCUT2D eigenvalue weighted by Crippen LogP contribution is -2.30. The first-order chi connectivity index (χ1) is 9.43. The van der Waals surface area contributed by atoms with E-state index in [4.69, 9.17) is 4.74 Å². The molecular formula is C14H15Br2NO3. The number of ether oxygens (including phenoxy) is 1. The van der Waals surface area contributed by atoms with E-state index in [0.717, 1.165) is 8.95 Å². The van der Waals surface area contributed by atoms with Gasteiger partial charge in [0, 0.05) is 22.0 Å². The normalized spacial score (nSPS) is 21.9. The molecule has 0 N–H and O–H groups in total. The molecule has 0 saturated carbocycles. The summed E-state index contributed by atoms with van der Waals surface area (Å²) >= 11 is 6.76. The van der Waals surface area contributed by atoms with E-state index in [2.05, 4.69) is 31.9 Å². The molecule has 2 rings (SSSR count). The summed E-state index contributed by atoms with van der Waals surface area (Å²) in [6.07, 6.45) is 0. The Bertz CT molecular complexity index is 547. The highest BCUT2D eigenvalue weighted by atomic mass is 79.9. The van der Waals surface area contributed by atoms with Crippen molar-refractivity contribution in [2.45, 2.75) is 6.92 Å². The third kappa shape index (κ3) is 3.06. The van der Waals surface area contributed by atoms with E-state index in [9.17, 15) is 9.59 Å². The van der Waals surface area contributed by atoms with Gasteiger partial charge in [-0.15, -0.1) is 0 Å². The highest BCUT2D eigenvalue weighted by molar-refractivity contribution is 9.11. The maximum atomic E-state index is 12.5. The zero-order chi connectivity index (χ0) is 14.9. The molecule has 0 aliphatic carbocycles. The Morgan fingerprint density at radius 2 is 2.00 bits per heavy atom. The number of carbonyl (C=O) groups excluding carboxylic acids is 2. The van der Waals surface area contributed by atoms with Gasteiger partial charge in [-0.1, -0.05) is 22.9 Å². The number of esters is 1. The summed E-state index contributed by atoms with van der Waals surface area (Å²) in [5.74, 6) is -0.454. The maximum absolute atomic E-state index is 12.5. The molecule has 1 aliphatic heterocycles. The van der Waals surface area contributed by atoms with E-state index in [1.807, 2.05) is 19.1 Å². The van der Waals surface area contributed by atoms with Gasteiger partial charge in [-0.2, -0.15) is 0 Å². The van der Waals surface area contributed by atoms with Crippen molar-refractivity contribution in [3.8, 4) is 0 Å². The number of methoxy groups -OCH3 is 1. The quantitative estimate of drug-likeness (QED) is 0.711. The Kier molecular flexibility index (Phi) is 4.86. The lowest BCUT2D eigenvalue weighted by atomic mass is 9.99. The maximum Gasteiger partial charge on any atom is 0.310 e. The summed E-state index contributed by atoms with van der Waals surface area (Å²) in [6, 6.07) is 5.47. The monoisotopic (exact) mass is 403 g/mol. The van der Waals surface area contributed by atoms with E-state index in [1.54, 1.807) is 11.0 Å². The minimum absolute atomic E-state index is 0.0728. The Balaban J connectivity index is 2.19. The molecule has 2 atom stereocenters. The number of amides is 1.